The fourth-order valence-corrected chi connectivity index (χ4v) is 0.643. The highest BCUT2D eigenvalue weighted by molar-refractivity contribution is 9.10. The summed E-state index contributed by atoms with van der Waals surface area (Å²) in [7, 11) is 0. The summed E-state index contributed by atoms with van der Waals surface area (Å²) in [5, 5.41) is 0. The van der Waals surface area contributed by atoms with Crippen LogP contribution in [-0.2, 0) is 9.53 Å². The molecule has 0 aromatic rings. The summed E-state index contributed by atoms with van der Waals surface area (Å²) in [6, 6.07) is 0. The van der Waals surface area contributed by atoms with Gasteiger partial charge in [-0.25, -0.2) is 0 Å². The highest BCUT2D eigenvalue weighted by Gasteiger charge is 2.14. The SMILES string of the molecule is CCCC(=O)OCC(C)(C)Br. The minimum Gasteiger partial charge on any atom is -0.464 e. The van der Waals surface area contributed by atoms with Crippen LogP contribution in [0.25, 0.3) is 0 Å². The lowest BCUT2D eigenvalue weighted by Gasteiger charge is -2.15. The van der Waals surface area contributed by atoms with Gasteiger partial charge in [-0.15, -0.1) is 0 Å². The van der Waals surface area contributed by atoms with Gasteiger partial charge in [-0.2, -0.15) is 0 Å². The first kappa shape index (κ1) is 11.0. The standard InChI is InChI=1S/C8H15BrO2/c1-4-5-7(10)11-6-8(2,3)9/h4-6H2,1-3H3. The lowest BCUT2D eigenvalue weighted by Crippen LogP contribution is -2.21. The molecule has 0 aliphatic rings. The molecule has 11 heavy (non-hydrogen) atoms. The highest BCUT2D eigenvalue weighted by atomic mass is 79.9. The van der Waals surface area contributed by atoms with Gasteiger partial charge >= 0.3 is 5.97 Å². The fraction of sp³-hybridized carbons (Fsp3) is 0.875. The summed E-state index contributed by atoms with van der Waals surface area (Å²) >= 11 is 3.38. The van der Waals surface area contributed by atoms with Crippen molar-refractivity contribution in [2.24, 2.45) is 0 Å². The molecule has 0 unspecified atom stereocenters. The molecule has 0 spiro atoms. The Morgan fingerprint density at radius 3 is 2.45 bits per heavy atom. The van der Waals surface area contributed by atoms with E-state index in [1.165, 1.54) is 0 Å². The van der Waals surface area contributed by atoms with E-state index in [-0.39, 0.29) is 10.3 Å². The zero-order valence-corrected chi connectivity index (χ0v) is 8.90. The maximum atomic E-state index is 10.8. The van der Waals surface area contributed by atoms with Gasteiger partial charge in [0, 0.05) is 6.42 Å². The molecule has 0 saturated heterocycles. The van der Waals surface area contributed by atoms with E-state index in [9.17, 15) is 4.79 Å². The van der Waals surface area contributed by atoms with Gasteiger partial charge in [-0.1, -0.05) is 22.9 Å². The van der Waals surface area contributed by atoms with Gasteiger partial charge in [-0.3, -0.25) is 4.79 Å². The summed E-state index contributed by atoms with van der Waals surface area (Å²) in [4.78, 5) is 10.8. The van der Waals surface area contributed by atoms with Gasteiger partial charge in [-0.05, 0) is 20.3 Å². The minimum absolute atomic E-state index is 0.101. The summed E-state index contributed by atoms with van der Waals surface area (Å²) in [6.45, 7) is 6.32. The Bertz CT molecular complexity index is 127. The van der Waals surface area contributed by atoms with E-state index in [1.807, 2.05) is 20.8 Å². The van der Waals surface area contributed by atoms with Crippen molar-refractivity contribution >= 4 is 21.9 Å². The Morgan fingerprint density at radius 2 is 2.09 bits per heavy atom. The summed E-state index contributed by atoms with van der Waals surface area (Å²) in [5.74, 6) is -0.111. The summed E-state index contributed by atoms with van der Waals surface area (Å²) in [6.07, 6.45) is 1.37. The number of rotatable bonds is 4. The number of alkyl halides is 1. The molecule has 0 atom stereocenters. The summed E-state index contributed by atoms with van der Waals surface area (Å²) in [5.41, 5.74) is 0. The second-order valence-electron chi connectivity index (χ2n) is 3.13. The van der Waals surface area contributed by atoms with E-state index in [4.69, 9.17) is 4.74 Å². The maximum absolute atomic E-state index is 10.8. The molecule has 66 valence electrons. The lowest BCUT2D eigenvalue weighted by molar-refractivity contribution is -0.144. The zero-order valence-electron chi connectivity index (χ0n) is 7.32. The molecule has 0 fully saturated rings. The first-order chi connectivity index (χ1) is 4.95. The number of hydrogen-bond donors (Lipinski definition) is 0. The van der Waals surface area contributed by atoms with E-state index in [1.54, 1.807) is 0 Å². The lowest BCUT2D eigenvalue weighted by atomic mass is 10.2. The Labute approximate surface area is 76.4 Å². The van der Waals surface area contributed by atoms with Crippen molar-refractivity contribution in [1.82, 2.24) is 0 Å². The largest absolute Gasteiger partial charge is 0.464 e. The van der Waals surface area contributed by atoms with Gasteiger partial charge in [0.25, 0.3) is 0 Å². The predicted octanol–water partition coefficient (Wildman–Crippen LogP) is 2.50. The van der Waals surface area contributed by atoms with Crippen LogP contribution in [0.15, 0.2) is 0 Å². The van der Waals surface area contributed by atoms with Crippen molar-refractivity contribution < 1.29 is 9.53 Å². The van der Waals surface area contributed by atoms with Crippen molar-refractivity contribution in [3.05, 3.63) is 0 Å². The first-order valence-corrected chi connectivity index (χ1v) is 4.59. The first-order valence-electron chi connectivity index (χ1n) is 3.80. The van der Waals surface area contributed by atoms with Crippen LogP contribution in [-0.4, -0.2) is 16.9 Å². The van der Waals surface area contributed by atoms with Gasteiger partial charge in [0.1, 0.15) is 6.61 Å². The smallest absolute Gasteiger partial charge is 0.305 e. The zero-order chi connectivity index (χ0) is 8.91. The third kappa shape index (κ3) is 7.85. The number of halogens is 1. The van der Waals surface area contributed by atoms with Gasteiger partial charge in [0.05, 0.1) is 4.32 Å². The average molecular weight is 223 g/mol. The number of hydrogen-bond acceptors (Lipinski definition) is 2. The van der Waals surface area contributed by atoms with Crippen molar-refractivity contribution in [3.63, 3.8) is 0 Å². The molecular weight excluding hydrogens is 208 g/mol. The number of carbonyl (C=O) groups is 1. The van der Waals surface area contributed by atoms with E-state index >= 15 is 0 Å². The van der Waals surface area contributed by atoms with Crippen LogP contribution in [0.2, 0.25) is 0 Å². The molecule has 0 N–H and O–H groups in total. The number of carbonyl (C=O) groups excluding carboxylic acids is 1. The molecule has 0 bridgehead atoms. The molecule has 0 saturated carbocycles. The monoisotopic (exact) mass is 222 g/mol. The van der Waals surface area contributed by atoms with E-state index in [0.717, 1.165) is 6.42 Å². The minimum atomic E-state index is -0.111. The van der Waals surface area contributed by atoms with E-state index in [0.29, 0.717) is 13.0 Å². The molecule has 2 nitrogen and oxygen atoms in total. The topological polar surface area (TPSA) is 26.3 Å². The van der Waals surface area contributed by atoms with Crippen molar-refractivity contribution in [2.45, 2.75) is 37.9 Å². The Kier molecular flexibility index (Phi) is 4.73. The molecule has 0 rings (SSSR count). The number of esters is 1. The molecule has 0 heterocycles. The molecule has 0 aliphatic heterocycles. The van der Waals surface area contributed by atoms with Gasteiger partial charge < -0.3 is 4.74 Å². The molecular formula is C8H15BrO2. The highest BCUT2D eigenvalue weighted by Crippen LogP contribution is 2.15. The Hall–Kier alpha value is -0.0500. The molecule has 0 radical (unpaired) electrons. The Morgan fingerprint density at radius 1 is 1.55 bits per heavy atom. The Balaban J connectivity index is 3.46. The van der Waals surface area contributed by atoms with Crippen molar-refractivity contribution in [2.75, 3.05) is 6.61 Å². The molecule has 0 amide bonds. The van der Waals surface area contributed by atoms with Crippen LogP contribution in [0.1, 0.15) is 33.6 Å². The predicted molar refractivity (Wildman–Crippen MR) is 48.9 cm³/mol. The van der Waals surface area contributed by atoms with Crippen LogP contribution in [0.5, 0.6) is 0 Å². The van der Waals surface area contributed by atoms with Crippen molar-refractivity contribution in [3.8, 4) is 0 Å². The second kappa shape index (κ2) is 4.75. The van der Waals surface area contributed by atoms with Crippen molar-refractivity contribution in [1.29, 1.82) is 0 Å². The third-order valence-electron chi connectivity index (χ3n) is 1.03. The average Bonchev–Trinajstić information content (AvgIpc) is 1.83. The molecule has 0 aliphatic carbocycles. The van der Waals surface area contributed by atoms with Crippen LogP contribution < -0.4 is 0 Å². The summed E-state index contributed by atoms with van der Waals surface area (Å²) < 4.78 is 4.86. The van der Waals surface area contributed by atoms with Crippen LogP contribution in [0, 0.1) is 0 Å². The second-order valence-corrected chi connectivity index (χ2v) is 5.28. The maximum Gasteiger partial charge on any atom is 0.305 e. The third-order valence-corrected chi connectivity index (χ3v) is 1.26. The fourth-order valence-electron chi connectivity index (χ4n) is 0.528. The molecule has 0 aromatic carbocycles. The van der Waals surface area contributed by atoms with E-state index < -0.39 is 0 Å². The van der Waals surface area contributed by atoms with Gasteiger partial charge in [0.2, 0.25) is 0 Å². The number of ether oxygens (including phenoxy) is 1. The van der Waals surface area contributed by atoms with Gasteiger partial charge in [0.15, 0.2) is 0 Å². The molecule has 3 heteroatoms. The van der Waals surface area contributed by atoms with Crippen LogP contribution in [0.4, 0.5) is 0 Å². The quantitative estimate of drug-likeness (QED) is 0.540. The van der Waals surface area contributed by atoms with Crippen LogP contribution in [0.3, 0.4) is 0 Å². The molecule has 0 aromatic heterocycles. The van der Waals surface area contributed by atoms with E-state index in [2.05, 4.69) is 15.9 Å². The normalized spacial score (nSPS) is 11.3. The van der Waals surface area contributed by atoms with Crippen LogP contribution >= 0.6 is 15.9 Å².